The minimum atomic E-state index is -0.144. The molecule has 0 saturated heterocycles. The SMILES string of the molecule is CCC(/C=C1\Oc2ccc(NC(=O)c3cccc(NC4CC4)c3)cc2N1C)=C\c1oc2ccc3ccccc3c2[n+]1C. The molecule has 1 fully saturated rings. The maximum atomic E-state index is 13.0. The number of aryl methyl sites for hydroxylation is 1. The molecule has 1 aromatic heterocycles. The first kappa shape index (κ1) is 25.9. The van der Waals surface area contributed by atoms with E-state index in [-0.39, 0.29) is 5.91 Å². The first-order chi connectivity index (χ1) is 20.5. The number of carbonyl (C=O) groups is 1. The van der Waals surface area contributed by atoms with E-state index in [0.29, 0.717) is 23.2 Å². The number of ether oxygens (including phenoxy) is 1. The van der Waals surface area contributed by atoms with Crippen LogP contribution in [0.3, 0.4) is 0 Å². The van der Waals surface area contributed by atoms with Crippen LogP contribution < -0.4 is 24.8 Å². The second-order valence-electron chi connectivity index (χ2n) is 11.0. The quantitative estimate of drug-likeness (QED) is 0.204. The highest BCUT2D eigenvalue weighted by Crippen LogP contribution is 2.40. The Morgan fingerprint density at radius 2 is 1.88 bits per heavy atom. The predicted molar refractivity (Wildman–Crippen MR) is 168 cm³/mol. The summed E-state index contributed by atoms with van der Waals surface area (Å²) in [5.41, 5.74) is 6.19. The molecule has 210 valence electrons. The number of benzene rings is 4. The zero-order valence-electron chi connectivity index (χ0n) is 24.0. The maximum Gasteiger partial charge on any atom is 0.374 e. The molecule has 5 aromatic rings. The predicted octanol–water partition coefficient (Wildman–Crippen LogP) is 7.40. The molecule has 1 saturated carbocycles. The molecule has 7 rings (SSSR count). The van der Waals surface area contributed by atoms with Crippen LogP contribution in [0.5, 0.6) is 5.75 Å². The molecule has 0 atom stereocenters. The summed E-state index contributed by atoms with van der Waals surface area (Å²) in [5, 5.41) is 8.84. The number of fused-ring (bicyclic) bond motifs is 4. The summed E-state index contributed by atoms with van der Waals surface area (Å²) >= 11 is 0. The minimum Gasteiger partial charge on any atom is -0.439 e. The Balaban J connectivity index is 1.12. The monoisotopic (exact) mass is 557 g/mol. The van der Waals surface area contributed by atoms with Gasteiger partial charge in [-0.3, -0.25) is 4.79 Å². The molecule has 1 aliphatic heterocycles. The van der Waals surface area contributed by atoms with E-state index < -0.39 is 0 Å². The summed E-state index contributed by atoms with van der Waals surface area (Å²) in [4.78, 5) is 15.0. The second kappa shape index (κ2) is 10.4. The summed E-state index contributed by atoms with van der Waals surface area (Å²) < 4.78 is 14.6. The van der Waals surface area contributed by atoms with Crippen molar-refractivity contribution >= 4 is 50.9 Å². The molecule has 0 spiro atoms. The number of nitrogens with zero attached hydrogens (tertiary/aromatic N) is 2. The third kappa shape index (κ3) is 4.87. The molecular formula is C35H33N4O3+. The zero-order chi connectivity index (χ0) is 28.8. The van der Waals surface area contributed by atoms with E-state index in [0.717, 1.165) is 51.5 Å². The Bertz CT molecular complexity index is 1910. The normalized spacial score (nSPS) is 15.7. The molecule has 1 aliphatic carbocycles. The highest BCUT2D eigenvalue weighted by molar-refractivity contribution is 6.05. The third-order valence-corrected chi connectivity index (χ3v) is 7.97. The average Bonchev–Trinajstić information content (AvgIpc) is 3.70. The Hall–Kier alpha value is -5.04. The van der Waals surface area contributed by atoms with Crippen molar-refractivity contribution in [2.75, 3.05) is 22.6 Å². The molecule has 1 amide bonds. The highest BCUT2D eigenvalue weighted by atomic mass is 16.5. The number of nitrogens with one attached hydrogen (secondary N) is 2. The standard InChI is InChI=1S/C35H32N4O3/c1-4-22(19-33-39(3)34-28-11-6-5-8-23(28)12-16-31(34)42-33)18-32-38(2)29-21-27(15-17-30(29)41-32)37-35(40)24-9-7-10-26(20-24)36-25-13-14-25/h5-12,15-21,25,36H,4,13-14H2,1-3H3/p+1. The number of oxazole rings is 1. The van der Waals surface area contributed by atoms with Crippen LogP contribution in [-0.4, -0.2) is 19.0 Å². The van der Waals surface area contributed by atoms with Crippen LogP contribution in [0.2, 0.25) is 0 Å². The number of rotatable bonds is 7. The summed E-state index contributed by atoms with van der Waals surface area (Å²) in [6.07, 6.45) is 7.28. The van der Waals surface area contributed by atoms with Gasteiger partial charge in [-0.05, 0) is 78.8 Å². The lowest BCUT2D eigenvalue weighted by Gasteiger charge is -2.13. The lowest BCUT2D eigenvalue weighted by atomic mass is 10.1. The lowest BCUT2D eigenvalue weighted by Crippen LogP contribution is -2.29. The highest BCUT2D eigenvalue weighted by Gasteiger charge is 2.25. The zero-order valence-corrected chi connectivity index (χ0v) is 24.0. The van der Waals surface area contributed by atoms with Gasteiger partial charge in [0.15, 0.2) is 5.75 Å². The molecule has 7 nitrogen and oxygen atoms in total. The summed E-state index contributed by atoms with van der Waals surface area (Å²) in [5.74, 6) is 2.09. The number of anilines is 3. The number of hydrogen-bond acceptors (Lipinski definition) is 5. The Kier molecular flexibility index (Phi) is 6.42. The van der Waals surface area contributed by atoms with Gasteiger partial charge in [0, 0.05) is 36.1 Å². The second-order valence-corrected chi connectivity index (χ2v) is 11.0. The number of amides is 1. The first-order valence-corrected chi connectivity index (χ1v) is 14.4. The molecule has 0 bridgehead atoms. The van der Waals surface area contributed by atoms with Gasteiger partial charge in [-0.2, -0.15) is 4.57 Å². The van der Waals surface area contributed by atoms with Crippen LogP contribution in [0, 0.1) is 0 Å². The third-order valence-electron chi connectivity index (χ3n) is 7.97. The molecule has 2 heterocycles. The van der Waals surface area contributed by atoms with Crippen molar-refractivity contribution in [3.63, 3.8) is 0 Å². The van der Waals surface area contributed by atoms with Gasteiger partial charge in [0.05, 0.1) is 17.1 Å². The van der Waals surface area contributed by atoms with Crippen molar-refractivity contribution in [3.05, 3.63) is 108 Å². The van der Waals surface area contributed by atoms with Crippen LogP contribution in [-0.2, 0) is 7.05 Å². The summed E-state index contributed by atoms with van der Waals surface area (Å²) in [6, 6.07) is 26.4. The smallest absolute Gasteiger partial charge is 0.374 e. The van der Waals surface area contributed by atoms with Gasteiger partial charge < -0.3 is 24.7 Å². The summed E-state index contributed by atoms with van der Waals surface area (Å²) in [7, 11) is 4.01. The van der Waals surface area contributed by atoms with Crippen molar-refractivity contribution in [2.24, 2.45) is 7.05 Å². The first-order valence-electron chi connectivity index (χ1n) is 14.4. The van der Waals surface area contributed by atoms with E-state index in [4.69, 9.17) is 9.15 Å². The fraction of sp³-hybridized carbons (Fsp3) is 0.200. The Morgan fingerprint density at radius 1 is 1.02 bits per heavy atom. The number of allylic oxidation sites excluding steroid dienone is 2. The van der Waals surface area contributed by atoms with E-state index in [2.05, 4.69) is 58.5 Å². The van der Waals surface area contributed by atoms with Gasteiger partial charge in [0.25, 0.3) is 11.4 Å². The van der Waals surface area contributed by atoms with E-state index >= 15 is 0 Å². The molecule has 7 heteroatoms. The number of hydrogen-bond donors (Lipinski definition) is 2. The Labute approximate surface area is 244 Å². The van der Waals surface area contributed by atoms with Crippen LogP contribution >= 0.6 is 0 Å². The molecule has 2 aliphatic rings. The molecule has 4 aromatic carbocycles. The molecular weight excluding hydrogens is 524 g/mol. The van der Waals surface area contributed by atoms with Gasteiger partial charge in [-0.1, -0.05) is 37.3 Å². The van der Waals surface area contributed by atoms with E-state index in [1.54, 1.807) is 0 Å². The molecule has 0 radical (unpaired) electrons. The largest absolute Gasteiger partial charge is 0.439 e. The van der Waals surface area contributed by atoms with Crippen LogP contribution in [0.25, 0.3) is 27.9 Å². The maximum absolute atomic E-state index is 13.0. The van der Waals surface area contributed by atoms with Crippen molar-refractivity contribution in [2.45, 2.75) is 32.2 Å². The lowest BCUT2D eigenvalue weighted by molar-refractivity contribution is -0.651. The van der Waals surface area contributed by atoms with Gasteiger partial charge in [-0.25, -0.2) is 0 Å². The van der Waals surface area contributed by atoms with Crippen molar-refractivity contribution in [1.82, 2.24) is 0 Å². The van der Waals surface area contributed by atoms with Gasteiger partial charge >= 0.3 is 5.89 Å². The van der Waals surface area contributed by atoms with Gasteiger partial charge in [0.1, 0.15) is 7.05 Å². The molecule has 0 unspecified atom stereocenters. The van der Waals surface area contributed by atoms with Crippen molar-refractivity contribution in [3.8, 4) is 5.75 Å². The topological polar surface area (TPSA) is 70.6 Å². The fourth-order valence-corrected chi connectivity index (χ4v) is 5.43. The van der Waals surface area contributed by atoms with E-state index in [1.165, 1.54) is 18.2 Å². The Morgan fingerprint density at radius 3 is 2.71 bits per heavy atom. The molecule has 2 N–H and O–H groups in total. The van der Waals surface area contributed by atoms with Gasteiger partial charge in [0.2, 0.25) is 11.5 Å². The van der Waals surface area contributed by atoms with Crippen LogP contribution in [0.15, 0.2) is 101 Å². The van der Waals surface area contributed by atoms with Crippen LogP contribution in [0.1, 0.15) is 42.4 Å². The average molecular weight is 558 g/mol. The number of carbonyl (C=O) groups excluding carboxylic acids is 1. The van der Waals surface area contributed by atoms with Crippen molar-refractivity contribution < 1.29 is 18.5 Å². The van der Waals surface area contributed by atoms with E-state index in [1.807, 2.05) is 73.6 Å². The van der Waals surface area contributed by atoms with Crippen LogP contribution in [0.4, 0.5) is 17.1 Å². The molecule has 42 heavy (non-hydrogen) atoms. The van der Waals surface area contributed by atoms with Crippen molar-refractivity contribution in [1.29, 1.82) is 0 Å². The minimum absolute atomic E-state index is 0.144. The number of aromatic nitrogens is 1. The fourth-order valence-electron chi connectivity index (χ4n) is 5.43. The van der Waals surface area contributed by atoms with E-state index in [9.17, 15) is 4.79 Å². The van der Waals surface area contributed by atoms with Gasteiger partial charge in [-0.15, -0.1) is 0 Å². The summed E-state index contributed by atoms with van der Waals surface area (Å²) in [6.45, 7) is 2.12.